The van der Waals surface area contributed by atoms with Crippen molar-refractivity contribution in [3.63, 3.8) is 0 Å². The summed E-state index contributed by atoms with van der Waals surface area (Å²) in [6.07, 6.45) is 2.89. The van der Waals surface area contributed by atoms with Crippen LogP contribution in [0.15, 0.2) is 42.5 Å². The predicted molar refractivity (Wildman–Crippen MR) is 54.1 cm³/mol. The Morgan fingerprint density at radius 3 is 2.62 bits per heavy atom. The molecule has 0 aliphatic rings. The maximum atomic E-state index is 8.89. The highest BCUT2D eigenvalue weighted by molar-refractivity contribution is 5.36. The van der Waals surface area contributed by atoms with Gasteiger partial charge in [-0.25, -0.2) is 0 Å². The third kappa shape index (κ3) is 4.15. The van der Waals surface area contributed by atoms with Crippen molar-refractivity contribution in [1.29, 1.82) is 0 Å². The van der Waals surface area contributed by atoms with Crippen molar-refractivity contribution in [1.82, 2.24) is 0 Å². The predicted octanol–water partition coefficient (Wildman–Crippen LogP) is 1.98. The molecule has 1 atom stereocenters. The number of hydrogen-bond donors (Lipinski definition) is 1. The smallest absolute Gasteiger partial charge is 0.0701 e. The summed E-state index contributed by atoms with van der Waals surface area (Å²) >= 11 is 0. The van der Waals surface area contributed by atoms with E-state index in [4.69, 9.17) is 5.11 Å². The monoisotopic (exact) mass is 172 g/mol. The van der Waals surface area contributed by atoms with Gasteiger partial charge in [0, 0.05) is 5.56 Å². The van der Waals surface area contributed by atoms with Crippen molar-refractivity contribution in [2.24, 2.45) is 0 Å². The van der Waals surface area contributed by atoms with E-state index in [1.165, 1.54) is 0 Å². The Bertz CT molecular complexity index is 325. The van der Waals surface area contributed by atoms with E-state index < -0.39 is 6.10 Å². The van der Waals surface area contributed by atoms with Gasteiger partial charge in [-0.2, -0.15) is 0 Å². The van der Waals surface area contributed by atoms with E-state index in [0.29, 0.717) is 0 Å². The number of benzene rings is 1. The normalized spacial score (nSPS) is 12.2. The molecule has 1 N–H and O–H groups in total. The molecule has 0 aromatic heterocycles. The van der Waals surface area contributed by atoms with Crippen molar-refractivity contribution >= 4 is 0 Å². The van der Waals surface area contributed by atoms with Crippen LogP contribution < -0.4 is 0 Å². The van der Waals surface area contributed by atoms with Gasteiger partial charge in [-0.05, 0) is 31.2 Å². The molecule has 1 nitrogen and oxygen atoms in total. The molecule has 13 heavy (non-hydrogen) atoms. The second kappa shape index (κ2) is 5.18. The lowest BCUT2D eigenvalue weighted by Gasteiger charge is -1.88. The summed E-state index contributed by atoms with van der Waals surface area (Å²) in [7, 11) is 0. The minimum Gasteiger partial charge on any atom is -0.389 e. The molecule has 0 fully saturated rings. The minimum atomic E-state index is -0.426. The molecule has 1 aromatic rings. The lowest BCUT2D eigenvalue weighted by atomic mass is 10.2. The average Bonchev–Trinajstić information content (AvgIpc) is 2.14. The third-order valence-electron chi connectivity index (χ3n) is 1.45. The van der Waals surface area contributed by atoms with Crippen LogP contribution in [0.2, 0.25) is 0 Å². The highest BCUT2D eigenvalue weighted by atomic mass is 16.3. The Morgan fingerprint density at radius 1 is 1.31 bits per heavy atom. The molecule has 1 aromatic carbocycles. The van der Waals surface area contributed by atoms with Crippen molar-refractivity contribution in [3.8, 4) is 11.8 Å². The van der Waals surface area contributed by atoms with E-state index in [2.05, 4.69) is 11.8 Å². The van der Waals surface area contributed by atoms with Crippen LogP contribution in [0.3, 0.4) is 0 Å². The first-order chi connectivity index (χ1) is 6.29. The molecule has 0 saturated heterocycles. The Hall–Kier alpha value is -1.52. The maximum Gasteiger partial charge on any atom is 0.0701 e. The van der Waals surface area contributed by atoms with Gasteiger partial charge < -0.3 is 5.11 Å². The molecule has 0 aliphatic carbocycles. The molecular formula is C12H12O. The van der Waals surface area contributed by atoms with Gasteiger partial charge in [-0.3, -0.25) is 0 Å². The molecule has 0 heterocycles. The van der Waals surface area contributed by atoms with Crippen LogP contribution in [0.1, 0.15) is 12.5 Å². The average molecular weight is 172 g/mol. The first-order valence-electron chi connectivity index (χ1n) is 4.20. The fraction of sp³-hybridized carbons (Fsp3) is 0.167. The Kier molecular flexibility index (Phi) is 3.81. The van der Waals surface area contributed by atoms with Crippen molar-refractivity contribution < 1.29 is 5.11 Å². The number of aliphatic hydroxyl groups excluding tert-OH is 1. The number of hydrogen-bond acceptors (Lipinski definition) is 1. The molecule has 1 heteroatoms. The van der Waals surface area contributed by atoms with Gasteiger partial charge in [-0.1, -0.05) is 30.0 Å². The fourth-order valence-electron chi connectivity index (χ4n) is 0.834. The van der Waals surface area contributed by atoms with Crippen LogP contribution in [0, 0.1) is 11.8 Å². The molecule has 0 bridgehead atoms. The Labute approximate surface area is 78.7 Å². The summed E-state index contributed by atoms with van der Waals surface area (Å²) in [6.45, 7) is 1.70. The first-order valence-corrected chi connectivity index (χ1v) is 4.20. The Balaban J connectivity index is 2.59. The lowest BCUT2D eigenvalue weighted by molar-refractivity contribution is 0.244. The summed E-state index contributed by atoms with van der Waals surface area (Å²) in [5, 5.41) is 8.89. The number of allylic oxidation sites excluding steroid dienone is 1. The van der Waals surface area contributed by atoms with Crippen LogP contribution >= 0.6 is 0 Å². The van der Waals surface area contributed by atoms with E-state index in [0.717, 1.165) is 5.56 Å². The van der Waals surface area contributed by atoms with Crippen LogP contribution in [-0.4, -0.2) is 11.2 Å². The fourth-order valence-corrected chi connectivity index (χ4v) is 0.834. The topological polar surface area (TPSA) is 20.2 Å². The van der Waals surface area contributed by atoms with E-state index in [-0.39, 0.29) is 0 Å². The van der Waals surface area contributed by atoms with Crippen molar-refractivity contribution in [2.75, 3.05) is 0 Å². The summed E-state index contributed by atoms with van der Waals surface area (Å²) < 4.78 is 0. The molecule has 1 rings (SSSR count). The van der Waals surface area contributed by atoms with E-state index >= 15 is 0 Å². The molecule has 0 radical (unpaired) electrons. The molecule has 0 saturated carbocycles. The third-order valence-corrected chi connectivity index (χ3v) is 1.45. The number of rotatable bonds is 1. The second-order valence-electron chi connectivity index (χ2n) is 2.74. The van der Waals surface area contributed by atoms with Crippen molar-refractivity contribution in [3.05, 3.63) is 48.0 Å². The molecule has 0 aliphatic heterocycles. The summed E-state index contributed by atoms with van der Waals surface area (Å²) in [5.74, 6) is 5.79. The van der Waals surface area contributed by atoms with Gasteiger partial charge in [0.2, 0.25) is 0 Å². The first kappa shape index (κ1) is 9.57. The SMILES string of the molecule is C[C@@H](O)/C=C\C#Cc1ccccc1. The van der Waals surface area contributed by atoms with Crippen LogP contribution in [-0.2, 0) is 0 Å². The van der Waals surface area contributed by atoms with E-state index in [9.17, 15) is 0 Å². The quantitative estimate of drug-likeness (QED) is 0.642. The highest BCUT2D eigenvalue weighted by Gasteiger charge is 1.81. The zero-order valence-electron chi connectivity index (χ0n) is 7.57. The van der Waals surface area contributed by atoms with E-state index in [1.807, 2.05) is 30.3 Å². The summed E-state index contributed by atoms with van der Waals surface area (Å²) in [4.78, 5) is 0. The van der Waals surface area contributed by atoms with E-state index in [1.54, 1.807) is 19.1 Å². The molecule has 0 unspecified atom stereocenters. The van der Waals surface area contributed by atoms with Gasteiger partial charge in [0.15, 0.2) is 0 Å². The van der Waals surface area contributed by atoms with Gasteiger partial charge in [0.1, 0.15) is 0 Å². The summed E-state index contributed by atoms with van der Waals surface area (Å²) in [5.41, 5.74) is 0.984. The van der Waals surface area contributed by atoms with Crippen LogP contribution in [0.4, 0.5) is 0 Å². The molecule has 66 valence electrons. The second-order valence-corrected chi connectivity index (χ2v) is 2.74. The highest BCUT2D eigenvalue weighted by Crippen LogP contribution is 1.94. The van der Waals surface area contributed by atoms with Gasteiger partial charge >= 0.3 is 0 Å². The number of aliphatic hydroxyl groups is 1. The standard InChI is InChI=1S/C12H12O/c1-11(13)7-5-6-10-12-8-3-2-4-9-12/h2-5,7-9,11,13H,1H3/b7-5-/t11-/m1/s1. The maximum absolute atomic E-state index is 8.89. The van der Waals surface area contributed by atoms with Gasteiger partial charge in [-0.15, -0.1) is 0 Å². The minimum absolute atomic E-state index is 0.426. The largest absolute Gasteiger partial charge is 0.389 e. The molecule has 0 amide bonds. The zero-order chi connectivity index (χ0) is 9.52. The van der Waals surface area contributed by atoms with Crippen LogP contribution in [0.25, 0.3) is 0 Å². The van der Waals surface area contributed by atoms with Gasteiger partial charge in [0.05, 0.1) is 6.10 Å². The Morgan fingerprint density at radius 2 is 2.00 bits per heavy atom. The molecular weight excluding hydrogens is 160 g/mol. The molecule has 0 spiro atoms. The summed E-state index contributed by atoms with van der Waals surface area (Å²) in [6, 6.07) is 9.74. The van der Waals surface area contributed by atoms with Gasteiger partial charge in [0.25, 0.3) is 0 Å². The van der Waals surface area contributed by atoms with Crippen molar-refractivity contribution in [2.45, 2.75) is 13.0 Å². The van der Waals surface area contributed by atoms with Crippen LogP contribution in [0.5, 0.6) is 0 Å². The lowest BCUT2D eigenvalue weighted by Crippen LogP contribution is -1.90. The zero-order valence-corrected chi connectivity index (χ0v) is 7.57.